The fraction of sp³-hybridized carbons (Fsp3) is 0.263. The Morgan fingerprint density at radius 1 is 0.880 bits per heavy atom. The van der Waals surface area contributed by atoms with Gasteiger partial charge in [0.1, 0.15) is 11.5 Å². The van der Waals surface area contributed by atoms with E-state index in [2.05, 4.69) is 14.9 Å². The number of fused-ring (bicyclic) bond motifs is 1. The van der Waals surface area contributed by atoms with Crippen LogP contribution in [0.2, 0.25) is 0 Å². The predicted octanol–water partition coefficient (Wildman–Crippen LogP) is 2.38. The zero-order valence-corrected chi connectivity index (χ0v) is 13.9. The molecule has 0 radical (unpaired) electrons. The van der Waals surface area contributed by atoms with Gasteiger partial charge in [0, 0.05) is 32.4 Å². The molecule has 0 atom stereocenters. The molecule has 6 heteroatoms. The van der Waals surface area contributed by atoms with Crippen LogP contribution in [-0.2, 0) is 0 Å². The first kappa shape index (κ1) is 15.5. The predicted molar refractivity (Wildman–Crippen MR) is 96.5 cm³/mol. The lowest BCUT2D eigenvalue weighted by atomic mass is 10.3. The summed E-state index contributed by atoms with van der Waals surface area (Å²) >= 11 is 0. The number of hydrogen-bond acceptors (Lipinski definition) is 5. The van der Waals surface area contributed by atoms with Crippen molar-refractivity contribution in [1.82, 2.24) is 19.9 Å². The molecule has 4 rings (SSSR count). The fourth-order valence-corrected chi connectivity index (χ4v) is 3.10. The minimum absolute atomic E-state index is 0.00737. The number of aromatic nitrogens is 3. The first-order valence-corrected chi connectivity index (χ1v) is 8.48. The number of rotatable bonds is 2. The van der Waals surface area contributed by atoms with Gasteiger partial charge in [-0.15, -0.1) is 0 Å². The molecule has 1 aromatic carbocycles. The van der Waals surface area contributed by atoms with Crippen molar-refractivity contribution in [2.75, 3.05) is 31.1 Å². The molecule has 0 bridgehead atoms. The summed E-state index contributed by atoms with van der Waals surface area (Å²) in [6.45, 7) is 2.99. The molecule has 3 heterocycles. The van der Waals surface area contributed by atoms with Crippen molar-refractivity contribution in [3.63, 3.8) is 0 Å². The van der Waals surface area contributed by atoms with Gasteiger partial charge in [-0.25, -0.2) is 4.98 Å². The minimum Gasteiger partial charge on any atom is -0.353 e. The Hall–Kier alpha value is -3.02. The van der Waals surface area contributed by atoms with Gasteiger partial charge in [0.25, 0.3) is 5.91 Å². The van der Waals surface area contributed by atoms with Gasteiger partial charge in [-0.05, 0) is 30.7 Å². The van der Waals surface area contributed by atoms with Crippen molar-refractivity contribution in [2.24, 2.45) is 0 Å². The molecule has 1 saturated heterocycles. The first-order valence-electron chi connectivity index (χ1n) is 8.48. The highest BCUT2D eigenvalue weighted by Crippen LogP contribution is 2.17. The molecular weight excluding hydrogens is 314 g/mol. The summed E-state index contributed by atoms with van der Waals surface area (Å²) in [6.07, 6.45) is 4.37. The largest absolute Gasteiger partial charge is 0.353 e. The van der Waals surface area contributed by atoms with E-state index < -0.39 is 0 Å². The van der Waals surface area contributed by atoms with Crippen molar-refractivity contribution >= 4 is 22.8 Å². The van der Waals surface area contributed by atoms with Crippen LogP contribution in [0.4, 0.5) is 5.82 Å². The number of carbonyl (C=O) groups is 1. The number of benzene rings is 1. The topological polar surface area (TPSA) is 62.2 Å². The van der Waals surface area contributed by atoms with Crippen LogP contribution in [0.25, 0.3) is 11.0 Å². The van der Waals surface area contributed by atoms with Crippen LogP contribution < -0.4 is 4.90 Å². The first-order chi connectivity index (χ1) is 12.3. The summed E-state index contributed by atoms with van der Waals surface area (Å²) in [5.74, 6) is 0.859. The Labute approximate surface area is 146 Å². The number of nitrogens with zero attached hydrogens (tertiary/aromatic N) is 5. The van der Waals surface area contributed by atoms with Crippen LogP contribution >= 0.6 is 0 Å². The zero-order chi connectivity index (χ0) is 17.1. The third-order valence-corrected chi connectivity index (χ3v) is 4.43. The highest BCUT2D eigenvalue weighted by Gasteiger charge is 2.21. The lowest BCUT2D eigenvalue weighted by Crippen LogP contribution is -2.35. The summed E-state index contributed by atoms with van der Waals surface area (Å²) in [5.41, 5.74) is 2.29. The molecule has 0 N–H and O–H groups in total. The summed E-state index contributed by atoms with van der Waals surface area (Å²) in [5, 5.41) is 0. The normalized spacial score (nSPS) is 15.2. The second-order valence-electron chi connectivity index (χ2n) is 6.06. The van der Waals surface area contributed by atoms with Crippen LogP contribution in [-0.4, -0.2) is 51.9 Å². The smallest absolute Gasteiger partial charge is 0.272 e. The molecule has 6 nitrogen and oxygen atoms in total. The van der Waals surface area contributed by atoms with E-state index in [-0.39, 0.29) is 5.91 Å². The second-order valence-corrected chi connectivity index (χ2v) is 6.06. The maximum absolute atomic E-state index is 12.6. The highest BCUT2D eigenvalue weighted by molar-refractivity contribution is 5.92. The maximum atomic E-state index is 12.6. The van der Waals surface area contributed by atoms with Crippen LogP contribution in [0.3, 0.4) is 0 Å². The number of anilines is 1. The molecule has 1 aliphatic heterocycles. The average molecular weight is 333 g/mol. The molecule has 0 spiro atoms. The third kappa shape index (κ3) is 3.28. The van der Waals surface area contributed by atoms with E-state index in [1.54, 1.807) is 12.3 Å². The summed E-state index contributed by atoms with van der Waals surface area (Å²) < 4.78 is 0. The number of hydrogen-bond donors (Lipinski definition) is 0. The van der Waals surface area contributed by atoms with E-state index in [0.717, 1.165) is 42.9 Å². The van der Waals surface area contributed by atoms with Crippen LogP contribution in [0.1, 0.15) is 16.9 Å². The van der Waals surface area contributed by atoms with Crippen molar-refractivity contribution in [1.29, 1.82) is 0 Å². The quantitative estimate of drug-likeness (QED) is 0.720. The summed E-state index contributed by atoms with van der Waals surface area (Å²) in [4.78, 5) is 30.0. The van der Waals surface area contributed by atoms with Crippen molar-refractivity contribution in [2.45, 2.75) is 6.42 Å². The van der Waals surface area contributed by atoms with Crippen LogP contribution in [0.5, 0.6) is 0 Å². The molecule has 126 valence electrons. The van der Waals surface area contributed by atoms with E-state index >= 15 is 0 Å². The Kier molecular flexibility index (Phi) is 4.24. The highest BCUT2D eigenvalue weighted by atomic mass is 16.2. The molecule has 1 fully saturated rings. The minimum atomic E-state index is -0.00737. The second kappa shape index (κ2) is 6.84. The average Bonchev–Trinajstić information content (AvgIpc) is 2.94. The van der Waals surface area contributed by atoms with Gasteiger partial charge in [-0.2, -0.15) is 0 Å². The van der Waals surface area contributed by atoms with Gasteiger partial charge in [0.05, 0.1) is 17.2 Å². The number of pyridine rings is 1. The number of carbonyl (C=O) groups excluding carboxylic acids is 1. The van der Waals surface area contributed by atoms with E-state index in [1.807, 2.05) is 47.5 Å². The Balaban J connectivity index is 1.49. The Bertz CT molecular complexity index is 883. The lowest BCUT2D eigenvalue weighted by molar-refractivity contribution is 0.0761. The molecule has 2 aromatic heterocycles. The molecule has 1 aliphatic rings. The Morgan fingerprint density at radius 3 is 2.56 bits per heavy atom. The van der Waals surface area contributed by atoms with E-state index in [1.165, 1.54) is 0 Å². The van der Waals surface area contributed by atoms with Gasteiger partial charge in [0.2, 0.25) is 0 Å². The van der Waals surface area contributed by atoms with Crippen molar-refractivity contribution < 1.29 is 4.79 Å². The van der Waals surface area contributed by atoms with Crippen LogP contribution in [0.15, 0.2) is 54.9 Å². The van der Waals surface area contributed by atoms with E-state index in [0.29, 0.717) is 12.2 Å². The SMILES string of the molecule is O=C(c1ccccn1)N1CCCN(c2cnc3ccccc3n2)CC1. The molecule has 1 amide bonds. The Morgan fingerprint density at radius 2 is 1.72 bits per heavy atom. The molecular formula is C19H19N5O. The van der Waals surface area contributed by atoms with Gasteiger partial charge < -0.3 is 9.80 Å². The van der Waals surface area contributed by atoms with E-state index in [4.69, 9.17) is 4.98 Å². The van der Waals surface area contributed by atoms with Gasteiger partial charge >= 0.3 is 0 Å². The maximum Gasteiger partial charge on any atom is 0.272 e. The lowest BCUT2D eigenvalue weighted by Gasteiger charge is -2.22. The number of amides is 1. The van der Waals surface area contributed by atoms with Gasteiger partial charge in [-0.1, -0.05) is 18.2 Å². The molecule has 0 unspecified atom stereocenters. The monoisotopic (exact) mass is 333 g/mol. The molecule has 3 aromatic rings. The zero-order valence-electron chi connectivity index (χ0n) is 13.9. The molecule has 0 aliphatic carbocycles. The molecule has 25 heavy (non-hydrogen) atoms. The number of para-hydroxylation sites is 2. The third-order valence-electron chi connectivity index (χ3n) is 4.43. The summed E-state index contributed by atoms with van der Waals surface area (Å²) in [7, 11) is 0. The molecule has 0 saturated carbocycles. The van der Waals surface area contributed by atoms with Gasteiger partial charge in [0.15, 0.2) is 0 Å². The standard InChI is InChI=1S/C19H19N5O/c25-19(17-8-3-4-9-20-17)24-11-5-10-23(12-13-24)18-14-21-15-6-1-2-7-16(15)22-18/h1-4,6-9,14H,5,10-13H2. The van der Waals surface area contributed by atoms with Crippen molar-refractivity contribution in [3.05, 3.63) is 60.6 Å². The fourth-order valence-electron chi connectivity index (χ4n) is 3.10. The summed E-state index contributed by atoms with van der Waals surface area (Å²) in [6, 6.07) is 13.3. The van der Waals surface area contributed by atoms with Crippen molar-refractivity contribution in [3.8, 4) is 0 Å². The van der Waals surface area contributed by atoms with Gasteiger partial charge in [-0.3, -0.25) is 14.8 Å². The van der Waals surface area contributed by atoms with Crippen LogP contribution in [0, 0.1) is 0 Å². The van der Waals surface area contributed by atoms with E-state index in [9.17, 15) is 4.79 Å².